The van der Waals surface area contributed by atoms with E-state index in [-0.39, 0.29) is 28.7 Å². The molecule has 0 aromatic rings. The number of aliphatic hydroxyl groups excluding tert-OH is 2. The Morgan fingerprint density at radius 2 is 1.66 bits per heavy atom. The molecule has 212 valence electrons. The molecule has 0 aliphatic heterocycles. The largest absolute Gasteiger partial charge is 0.478 e. The number of hydrogen-bond donors (Lipinski definition) is 4. The maximum Gasteiger partial charge on any atom is 0.335 e. The van der Waals surface area contributed by atoms with Gasteiger partial charge in [-0.15, -0.1) is 0 Å². The first-order valence-corrected chi connectivity index (χ1v) is 14.1. The number of carboxylic acid groups (broad SMARTS) is 1. The zero-order valence-electron chi connectivity index (χ0n) is 24.1. The van der Waals surface area contributed by atoms with Crippen LogP contribution in [0.15, 0.2) is 34.9 Å². The molecule has 0 radical (unpaired) electrons. The Morgan fingerprint density at radius 1 is 1.00 bits per heavy atom. The molecule has 10 atom stereocenters. The monoisotopic (exact) mass is 529 g/mol. The van der Waals surface area contributed by atoms with E-state index in [4.69, 9.17) is 10.5 Å². The third kappa shape index (κ3) is 4.03. The van der Waals surface area contributed by atoms with Gasteiger partial charge in [0.2, 0.25) is 0 Å². The molecule has 0 amide bonds. The van der Waals surface area contributed by atoms with Crippen molar-refractivity contribution in [3.8, 4) is 0 Å². The minimum atomic E-state index is -1.06. The molecule has 0 saturated heterocycles. The molecule has 5 N–H and O–H groups in total. The van der Waals surface area contributed by atoms with Gasteiger partial charge < -0.3 is 25.8 Å². The highest BCUT2D eigenvalue weighted by atomic mass is 16.5. The molecule has 0 unspecified atom stereocenters. The first kappa shape index (κ1) is 29.0. The summed E-state index contributed by atoms with van der Waals surface area (Å²) in [6.07, 6.45) is 7.10. The standard InChI is InChI=1S/C31H47NO6/c1-17(2)9-8-10-20(27(36)37)25-21-15-23(35)26-28(5,30(21,7)16-24(25)38-19(4)33)13-14-31(32)18(3)22(34)11-12-29(26,31)6/h8-10,18,21-24,26,34-35H,11-16,32H2,1-7H3,(H,36,37)/b10-8-,25-20-/t18-,21+,22-,23-,24+,26-,28+,29-,30+,31-/m1/s1. The number of ether oxygens (including phenoxy) is 1. The predicted molar refractivity (Wildman–Crippen MR) is 146 cm³/mol. The SMILES string of the molecule is CC(=O)O[C@H]1C[C@@]2(C)[C@@H](C[C@@H](O)[C@@H]3[C@]2(C)CC[C@@]2(N)[C@H](C)[C@H](O)CC[C@]32C)/C1=C(\C=C/C=C(C)C)C(=O)O. The summed E-state index contributed by atoms with van der Waals surface area (Å²) in [6.45, 7) is 13.9. The first-order valence-electron chi connectivity index (χ1n) is 14.1. The smallest absolute Gasteiger partial charge is 0.335 e. The molecule has 7 heteroatoms. The number of aliphatic carboxylic acids is 1. The molecule has 4 rings (SSSR count). The van der Waals surface area contributed by atoms with Gasteiger partial charge in [0.25, 0.3) is 0 Å². The summed E-state index contributed by atoms with van der Waals surface area (Å²) in [5.74, 6) is -1.98. The maximum atomic E-state index is 12.6. The van der Waals surface area contributed by atoms with Crippen molar-refractivity contribution in [2.45, 2.75) is 111 Å². The lowest BCUT2D eigenvalue weighted by atomic mass is 9.34. The van der Waals surface area contributed by atoms with Crippen LogP contribution in [-0.2, 0) is 14.3 Å². The molecule has 7 nitrogen and oxygen atoms in total. The highest BCUT2D eigenvalue weighted by molar-refractivity contribution is 5.91. The third-order valence-electron chi connectivity index (χ3n) is 11.7. The van der Waals surface area contributed by atoms with Crippen LogP contribution in [0.3, 0.4) is 0 Å². The molecular formula is C31H47NO6. The van der Waals surface area contributed by atoms with Gasteiger partial charge in [-0.05, 0) is 92.1 Å². The van der Waals surface area contributed by atoms with Crippen molar-refractivity contribution >= 4 is 11.9 Å². The van der Waals surface area contributed by atoms with E-state index in [0.717, 1.165) is 18.4 Å². The lowest BCUT2D eigenvalue weighted by Crippen LogP contribution is -2.75. The van der Waals surface area contributed by atoms with Gasteiger partial charge in [0.05, 0.1) is 17.8 Å². The van der Waals surface area contributed by atoms with Crippen LogP contribution >= 0.6 is 0 Å². The molecular weight excluding hydrogens is 482 g/mol. The van der Waals surface area contributed by atoms with Crippen LogP contribution in [0.2, 0.25) is 0 Å². The van der Waals surface area contributed by atoms with Gasteiger partial charge in [-0.1, -0.05) is 45.4 Å². The predicted octanol–water partition coefficient (Wildman–Crippen LogP) is 4.52. The zero-order valence-corrected chi connectivity index (χ0v) is 24.1. The van der Waals surface area contributed by atoms with Crippen molar-refractivity contribution in [1.82, 2.24) is 0 Å². The van der Waals surface area contributed by atoms with Gasteiger partial charge in [-0.2, -0.15) is 0 Å². The summed E-state index contributed by atoms with van der Waals surface area (Å²) >= 11 is 0. The van der Waals surface area contributed by atoms with E-state index in [1.54, 1.807) is 12.2 Å². The maximum absolute atomic E-state index is 12.6. The van der Waals surface area contributed by atoms with E-state index >= 15 is 0 Å². The quantitative estimate of drug-likeness (QED) is 0.239. The number of rotatable bonds is 4. The summed E-state index contributed by atoms with van der Waals surface area (Å²) in [7, 11) is 0. The van der Waals surface area contributed by atoms with Gasteiger partial charge >= 0.3 is 11.9 Å². The van der Waals surface area contributed by atoms with E-state index in [0.29, 0.717) is 31.3 Å². The van der Waals surface area contributed by atoms with Crippen molar-refractivity contribution in [3.05, 3.63) is 34.9 Å². The second-order valence-electron chi connectivity index (χ2n) is 13.6. The molecule has 38 heavy (non-hydrogen) atoms. The molecule has 4 aliphatic carbocycles. The minimum absolute atomic E-state index is 0.0878. The number of allylic oxidation sites excluding steroid dienone is 3. The second kappa shape index (κ2) is 9.60. The number of fused-ring (bicyclic) bond motifs is 5. The van der Waals surface area contributed by atoms with Gasteiger partial charge in [0.1, 0.15) is 6.10 Å². The van der Waals surface area contributed by atoms with Crippen molar-refractivity contribution in [2.24, 2.45) is 39.7 Å². The van der Waals surface area contributed by atoms with Crippen LogP contribution in [-0.4, -0.2) is 51.1 Å². The fraction of sp³-hybridized carbons (Fsp3) is 0.742. The Labute approximate surface area is 227 Å². The average Bonchev–Trinajstić information content (AvgIpc) is 3.08. The number of carboxylic acids is 1. The van der Waals surface area contributed by atoms with Crippen molar-refractivity contribution < 1.29 is 29.6 Å². The molecule has 4 aliphatic rings. The van der Waals surface area contributed by atoms with Crippen LogP contribution in [0, 0.1) is 34.0 Å². The number of carbonyl (C=O) groups excluding carboxylic acids is 1. The highest BCUT2D eigenvalue weighted by Crippen LogP contribution is 2.74. The fourth-order valence-electron chi connectivity index (χ4n) is 9.46. The van der Waals surface area contributed by atoms with E-state index < -0.39 is 46.6 Å². The molecule has 0 bridgehead atoms. The fourth-order valence-corrected chi connectivity index (χ4v) is 9.46. The highest BCUT2D eigenvalue weighted by Gasteiger charge is 2.73. The van der Waals surface area contributed by atoms with Gasteiger partial charge in [-0.3, -0.25) is 4.79 Å². The molecule has 0 spiro atoms. The Kier molecular flexibility index (Phi) is 7.33. The molecule has 4 saturated carbocycles. The topological polar surface area (TPSA) is 130 Å². The summed E-state index contributed by atoms with van der Waals surface area (Å²) in [4.78, 5) is 24.8. The average molecular weight is 530 g/mol. The lowest BCUT2D eigenvalue weighted by Gasteiger charge is -2.71. The van der Waals surface area contributed by atoms with Crippen molar-refractivity contribution in [3.63, 3.8) is 0 Å². The molecule has 0 heterocycles. The second-order valence-corrected chi connectivity index (χ2v) is 13.6. The Balaban J connectivity index is 1.88. The number of carbonyl (C=O) groups is 2. The van der Waals surface area contributed by atoms with Crippen molar-refractivity contribution in [1.29, 1.82) is 0 Å². The first-order chi connectivity index (χ1) is 17.5. The Morgan fingerprint density at radius 3 is 2.24 bits per heavy atom. The van der Waals surface area contributed by atoms with E-state index in [1.165, 1.54) is 6.92 Å². The lowest BCUT2D eigenvalue weighted by molar-refractivity contribution is -0.241. The Bertz CT molecular complexity index is 1090. The molecule has 4 fully saturated rings. The van der Waals surface area contributed by atoms with E-state index in [9.17, 15) is 24.9 Å². The number of nitrogens with two attached hydrogens (primary N) is 1. The zero-order chi connectivity index (χ0) is 28.4. The normalized spacial score (nSPS) is 47.5. The minimum Gasteiger partial charge on any atom is -0.478 e. The molecule has 0 aromatic heterocycles. The summed E-state index contributed by atoms with van der Waals surface area (Å²) < 4.78 is 5.83. The van der Waals surface area contributed by atoms with E-state index in [1.807, 2.05) is 26.8 Å². The van der Waals surface area contributed by atoms with Crippen LogP contribution in [0.1, 0.15) is 87.0 Å². The number of aliphatic hydroxyl groups is 2. The third-order valence-corrected chi connectivity index (χ3v) is 11.7. The van der Waals surface area contributed by atoms with Crippen LogP contribution in [0.25, 0.3) is 0 Å². The summed E-state index contributed by atoms with van der Waals surface area (Å²) in [5.41, 5.74) is 7.19. The van der Waals surface area contributed by atoms with Crippen molar-refractivity contribution in [2.75, 3.05) is 0 Å². The number of hydrogen-bond acceptors (Lipinski definition) is 6. The van der Waals surface area contributed by atoms with Crippen LogP contribution < -0.4 is 5.73 Å². The summed E-state index contributed by atoms with van der Waals surface area (Å²) in [5, 5.41) is 33.0. The van der Waals surface area contributed by atoms with Gasteiger partial charge in [0, 0.05) is 18.4 Å². The van der Waals surface area contributed by atoms with Crippen LogP contribution in [0.4, 0.5) is 0 Å². The van der Waals surface area contributed by atoms with Gasteiger partial charge in [-0.25, -0.2) is 4.79 Å². The van der Waals surface area contributed by atoms with Gasteiger partial charge in [0.15, 0.2) is 0 Å². The summed E-state index contributed by atoms with van der Waals surface area (Å²) in [6, 6.07) is 0. The number of esters is 1. The van der Waals surface area contributed by atoms with E-state index in [2.05, 4.69) is 20.8 Å². The Hall–Kier alpha value is -1.96. The molecule has 0 aromatic carbocycles. The van der Waals surface area contributed by atoms with Crippen LogP contribution in [0.5, 0.6) is 0 Å².